The van der Waals surface area contributed by atoms with E-state index in [1.807, 2.05) is 0 Å². The number of rotatable bonds is 0. The minimum atomic E-state index is 0. The Balaban J connectivity index is 0. The molecule has 31 valence electrons. The van der Waals surface area contributed by atoms with Crippen LogP contribution in [0.5, 0.6) is 0 Å². The molecular formula is H3CuFePSi. The molecule has 0 bridgehead atoms. The molecule has 1 atom stereocenters. The van der Waals surface area contributed by atoms with Crippen LogP contribution in [-0.2, 0) is 34.1 Å². The van der Waals surface area contributed by atoms with Crippen molar-refractivity contribution in [3.63, 3.8) is 0 Å². The molecule has 0 aliphatic rings. The average molecular weight is 181 g/mol. The summed E-state index contributed by atoms with van der Waals surface area (Å²) in [6, 6.07) is 0. The van der Waals surface area contributed by atoms with Gasteiger partial charge in [0.25, 0.3) is 0 Å². The summed E-state index contributed by atoms with van der Waals surface area (Å²) in [5.41, 5.74) is 0. The minimum Gasteiger partial charge on any atom is -0.153 e. The first-order chi connectivity index (χ1) is 0. The first kappa shape index (κ1) is 43.9. The molecule has 0 heterocycles. The first-order valence-electron chi connectivity index (χ1n) is 0. The van der Waals surface area contributed by atoms with Crippen LogP contribution in [0.15, 0.2) is 0 Å². The van der Waals surface area contributed by atoms with Gasteiger partial charge in [-0.15, -0.1) is 0 Å². The second-order valence-corrected chi connectivity index (χ2v) is 0. The summed E-state index contributed by atoms with van der Waals surface area (Å²) in [5.74, 6) is 0. The van der Waals surface area contributed by atoms with Gasteiger partial charge in [-0.3, -0.25) is 0 Å². The van der Waals surface area contributed by atoms with Crippen molar-refractivity contribution < 1.29 is 34.1 Å². The molecule has 0 fully saturated rings. The third-order valence-corrected chi connectivity index (χ3v) is 0. The topological polar surface area (TPSA) is 0 Å². The van der Waals surface area contributed by atoms with E-state index in [9.17, 15) is 0 Å². The summed E-state index contributed by atoms with van der Waals surface area (Å²) in [6.45, 7) is 0. The van der Waals surface area contributed by atoms with Crippen molar-refractivity contribution in [3.8, 4) is 0 Å². The Hall–Kier alpha value is 1.69. The zero-order valence-electron chi connectivity index (χ0n) is 1.86. The van der Waals surface area contributed by atoms with Crippen molar-refractivity contribution in [2.45, 2.75) is 0 Å². The molecule has 0 rings (SSSR count). The van der Waals surface area contributed by atoms with Gasteiger partial charge in [0, 0.05) is 45.1 Å². The van der Waals surface area contributed by atoms with Crippen molar-refractivity contribution in [2.24, 2.45) is 0 Å². The van der Waals surface area contributed by atoms with Gasteiger partial charge in [-0.25, -0.2) is 0 Å². The molecule has 4 heteroatoms. The molecule has 0 aromatic rings. The molecule has 5 radical (unpaired) electrons. The molecule has 0 aliphatic carbocycles. The van der Waals surface area contributed by atoms with Crippen LogP contribution in [0.25, 0.3) is 0 Å². The van der Waals surface area contributed by atoms with E-state index in [1.165, 1.54) is 0 Å². The van der Waals surface area contributed by atoms with E-state index in [2.05, 4.69) is 0 Å². The van der Waals surface area contributed by atoms with Crippen LogP contribution in [0.1, 0.15) is 0 Å². The second-order valence-electron chi connectivity index (χ2n) is 0. The van der Waals surface area contributed by atoms with E-state index in [1.54, 1.807) is 0 Å². The molecule has 0 saturated carbocycles. The Morgan fingerprint density at radius 3 is 1.00 bits per heavy atom. The summed E-state index contributed by atoms with van der Waals surface area (Å²) in [7, 11) is 0. The van der Waals surface area contributed by atoms with Crippen LogP contribution in [0.3, 0.4) is 0 Å². The third kappa shape index (κ3) is 9.36. The molecule has 1 unspecified atom stereocenters. The third-order valence-electron chi connectivity index (χ3n) is 0. The Morgan fingerprint density at radius 1 is 1.00 bits per heavy atom. The van der Waals surface area contributed by atoms with Gasteiger partial charge < -0.3 is 0 Å². The fourth-order valence-corrected chi connectivity index (χ4v) is 0. The molecule has 4 heavy (non-hydrogen) atoms. The maximum absolute atomic E-state index is 0. The molecular weight excluding hydrogens is 178 g/mol. The Bertz CT molecular complexity index is 8.00. The minimum absolute atomic E-state index is 0. The van der Waals surface area contributed by atoms with Gasteiger partial charge in [-0.1, -0.05) is 0 Å². The van der Waals surface area contributed by atoms with Crippen molar-refractivity contribution in [1.29, 1.82) is 0 Å². The number of hydrogen-bond donors (Lipinski definition) is 0. The standard InChI is InChI=1S/Cu.Fe.H3P.Si/h;;1H3;. The Labute approximate surface area is 55.1 Å². The molecule has 0 aromatic carbocycles. The fourth-order valence-electron chi connectivity index (χ4n) is 0. The fraction of sp³-hybridized carbons (Fsp3) is 0. The zero-order chi connectivity index (χ0) is 0. The van der Waals surface area contributed by atoms with Crippen LogP contribution in [0.2, 0.25) is 0 Å². The molecule has 0 aromatic heterocycles. The molecule has 0 saturated heterocycles. The Morgan fingerprint density at radius 2 is 1.00 bits per heavy atom. The smallest absolute Gasteiger partial charge is 0 e. The van der Waals surface area contributed by atoms with Crippen LogP contribution in [-0.4, -0.2) is 11.0 Å². The SMILES string of the molecule is P.[Cu].[Fe].[Si]. The van der Waals surface area contributed by atoms with Crippen LogP contribution < -0.4 is 0 Å². The summed E-state index contributed by atoms with van der Waals surface area (Å²) in [4.78, 5) is 0. The van der Waals surface area contributed by atoms with Gasteiger partial charge in [0.15, 0.2) is 0 Å². The molecule has 0 nitrogen and oxygen atoms in total. The average Bonchev–Trinajstić information content (AvgIpc) is 0. The van der Waals surface area contributed by atoms with Crippen molar-refractivity contribution in [1.82, 2.24) is 0 Å². The second kappa shape index (κ2) is 22.4. The summed E-state index contributed by atoms with van der Waals surface area (Å²) >= 11 is 0. The molecule has 0 N–H and O–H groups in total. The Kier molecular flexibility index (Phi) is 246. The van der Waals surface area contributed by atoms with Crippen molar-refractivity contribution in [3.05, 3.63) is 0 Å². The molecule has 0 aliphatic heterocycles. The predicted molar refractivity (Wildman–Crippen MR) is 16.9 cm³/mol. The van der Waals surface area contributed by atoms with Gasteiger partial charge in [0.1, 0.15) is 0 Å². The maximum atomic E-state index is 0. The monoisotopic (exact) mass is 181 g/mol. The van der Waals surface area contributed by atoms with Gasteiger partial charge >= 0.3 is 0 Å². The van der Waals surface area contributed by atoms with Gasteiger partial charge in [-0.05, 0) is 0 Å². The van der Waals surface area contributed by atoms with E-state index in [0.717, 1.165) is 0 Å². The van der Waals surface area contributed by atoms with Crippen LogP contribution in [0.4, 0.5) is 0 Å². The van der Waals surface area contributed by atoms with Gasteiger partial charge in [0.2, 0.25) is 0 Å². The van der Waals surface area contributed by atoms with E-state index in [-0.39, 0.29) is 55.0 Å². The molecule has 0 spiro atoms. The zero-order valence-corrected chi connectivity index (χ0v) is 6.32. The first-order valence-corrected chi connectivity index (χ1v) is 0. The predicted octanol–water partition coefficient (Wildman–Crippen LogP) is -0.328. The summed E-state index contributed by atoms with van der Waals surface area (Å²) < 4.78 is 0. The van der Waals surface area contributed by atoms with Crippen molar-refractivity contribution in [2.75, 3.05) is 0 Å². The normalized spacial score (nSPS) is 0. The van der Waals surface area contributed by atoms with E-state index in [0.29, 0.717) is 0 Å². The van der Waals surface area contributed by atoms with Crippen LogP contribution in [0, 0.1) is 0 Å². The van der Waals surface area contributed by atoms with Gasteiger partial charge in [0.05, 0.1) is 0 Å². The largest absolute Gasteiger partial charge is 0.153 e. The quantitative estimate of drug-likeness (QED) is 0.355. The van der Waals surface area contributed by atoms with Gasteiger partial charge in [-0.2, -0.15) is 9.90 Å². The summed E-state index contributed by atoms with van der Waals surface area (Å²) in [6.07, 6.45) is 0. The van der Waals surface area contributed by atoms with Crippen molar-refractivity contribution >= 4 is 20.9 Å². The number of hydrogen-bond acceptors (Lipinski definition) is 0. The molecule has 0 amide bonds. The van der Waals surface area contributed by atoms with E-state index < -0.39 is 0 Å². The van der Waals surface area contributed by atoms with E-state index >= 15 is 0 Å². The summed E-state index contributed by atoms with van der Waals surface area (Å²) in [5, 5.41) is 0. The van der Waals surface area contributed by atoms with E-state index in [4.69, 9.17) is 0 Å². The maximum Gasteiger partial charge on any atom is 0 e. The van der Waals surface area contributed by atoms with Crippen LogP contribution >= 0.6 is 9.90 Å².